The molecule has 0 spiro atoms. The van der Waals surface area contributed by atoms with E-state index in [1.165, 1.54) is 12.1 Å². The Hall–Kier alpha value is -9.00. The summed E-state index contributed by atoms with van der Waals surface area (Å²) in [5.41, 5.74) is -3.55. The molecule has 0 saturated heterocycles. The SMILES string of the molecule is C#Cc1cccc(-c2nc3cc(C(c4ccc5c(c4)nc(-c4cccc(C#C)c4)n5-c4ccc(Oc5ccccc5)cc4)(C(F)(F)F)C(F)(F)F)ccc3n2-c2ccc(Oc3ccccc3)cc2)c1. The minimum absolute atomic E-state index is 0.128. The van der Waals surface area contributed by atoms with Crippen LogP contribution in [-0.4, -0.2) is 31.5 Å². The van der Waals surface area contributed by atoms with E-state index in [-0.39, 0.29) is 33.7 Å². The van der Waals surface area contributed by atoms with Crippen LogP contribution in [0.2, 0.25) is 0 Å². The van der Waals surface area contributed by atoms with Crippen LogP contribution in [0.15, 0.2) is 194 Å². The van der Waals surface area contributed by atoms with E-state index in [1.807, 2.05) is 36.4 Å². The lowest BCUT2D eigenvalue weighted by Crippen LogP contribution is -2.54. The number of benzene rings is 8. The van der Waals surface area contributed by atoms with Gasteiger partial charge in [-0.05, 0) is 132 Å². The van der Waals surface area contributed by atoms with E-state index in [1.54, 1.807) is 130 Å². The Bertz CT molecular complexity index is 3360. The number of rotatable bonds is 10. The van der Waals surface area contributed by atoms with Gasteiger partial charge in [-0.2, -0.15) is 26.3 Å². The van der Waals surface area contributed by atoms with Crippen molar-refractivity contribution in [2.24, 2.45) is 0 Å². The van der Waals surface area contributed by atoms with Crippen molar-refractivity contribution in [1.29, 1.82) is 0 Å². The molecule has 0 aliphatic carbocycles. The van der Waals surface area contributed by atoms with Crippen LogP contribution in [0, 0.1) is 24.7 Å². The summed E-state index contributed by atoms with van der Waals surface area (Å²) < 4.78 is 111. The Morgan fingerprint density at radius 1 is 0.406 bits per heavy atom. The summed E-state index contributed by atoms with van der Waals surface area (Å²) in [6, 6.07) is 51.2. The van der Waals surface area contributed by atoms with Gasteiger partial charge < -0.3 is 9.47 Å². The maximum absolute atomic E-state index is 16.0. The fourth-order valence-electron chi connectivity index (χ4n) is 8.59. The van der Waals surface area contributed by atoms with Gasteiger partial charge in [-0.3, -0.25) is 9.13 Å². The Morgan fingerprint density at radius 2 is 0.783 bits per heavy atom. The third-order valence-corrected chi connectivity index (χ3v) is 11.7. The Labute approximate surface area is 391 Å². The number of aromatic nitrogens is 4. The molecule has 0 radical (unpaired) electrons. The number of fused-ring (bicyclic) bond motifs is 2. The first-order valence-electron chi connectivity index (χ1n) is 21.3. The van der Waals surface area contributed by atoms with Gasteiger partial charge in [-0.25, -0.2) is 9.97 Å². The highest BCUT2D eigenvalue weighted by molar-refractivity contribution is 5.87. The van der Waals surface area contributed by atoms with Crippen molar-refractivity contribution in [2.45, 2.75) is 17.8 Å². The number of terminal acetylenes is 2. The summed E-state index contributed by atoms with van der Waals surface area (Å²) in [5.74, 6) is 7.78. The standard InChI is InChI=1S/C57H34F6N4O2/c1-3-37-13-11-15-39(33-37)53-64-49-35-41(21-31-51(49)66(53)43-23-27-47(28-24-43)68-45-17-7-5-8-18-45)55(56(58,59)60,57(61,62)63)42-22-32-52-50(36-42)65-54(40-16-12-14-38(4-2)34-40)67(52)44-25-29-48(30-26-44)69-46-19-9-6-10-20-46/h1-2,5-36H. The van der Waals surface area contributed by atoms with Gasteiger partial charge in [0, 0.05) is 33.6 Å². The van der Waals surface area contributed by atoms with E-state index >= 15 is 26.3 Å². The maximum Gasteiger partial charge on any atom is 0.411 e. The molecule has 10 rings (SSSR count). The smallest absolute Gasteiger partial charge is 0.411 e. The van der Waals surface area contributed by atoms with E-state index in [0.29, 0.717) is 56.6 Å². The lowest BCUT2D eigenvalue weighted by molar-refractivity contribution is -0.288. The molecule has 2 heterocycles. The molecule has 0 atom stereocenters. The molecular formula is C57H34F6N4O2. The van der Waals surface area contributed by atoms with E-state index in [9.17, 15) is 0 Å². The molecule has 0 bridgehead atoms. The Kier molecular flexibility index (Phi) is 11.0. The monoisotopic (exact) mass is 920 g/mol. The third-order valence-electron chi connectivity index (χ3n) is 11.7. The normalized spacial score (nSPS) is 11.9. The predicted octanol–water partition coefficient (Wildman–Crippen LogP) is 14.7. The van der Waals surface area contributed by atoms with Gasteiger partial charge in [-0.1, -0.05) is 84.6 Å². The summed E-state index contributed by atoms with van der Waals surface area (Å²) in [7, 11) is 0. The highest BCUT2D eigenvalue weighted by Gasteiger charge is 2.72. The average Bonchev–Trinajstić information content (AvgIpc) is 3.93. The molecule has 2 aromatic heterocycles. The van der Waals surface area contributed by atoms with Gasteiger partial charge in [0.05, 0.1) is 22.1 Å². The summed E-state index contributed by atoms with van der Waals surface area (Å²) in [6.45, 7) is 0. The van der Waals surface area contributed by atoms with E-state index < -0.39 is 28.9 Å². The van der Waals surface area contributed by atoms with Gasteiger partial charge in [0.2, 0.25) is 5.41 Å². The summed E-state index contributed by atoms with van der Waals surface area (Å²) in [5, 5.41) is 0. The van der Waals surface area contributed by atoms with Crippen LogP contribution in [-0.2, 0) is 5.41 Å². The first kappa shape index (κ1) is 43.9. The molecule has 336 valence electrons. The molecule has 69 heavy (non-hydrogen) atoms. The zero-order valence-corrected chi connectivity index (χ0v) is 36.0. The van der Waals surface area contributed by atoms with Crippen molar-refractivity contribution in [3.05, 3.63) is 216 Å². The highest BCUT2D eigenvalue weighted by Crippen LogP contribution is 2.57. The number of halogens is 6. The molecule has 0 amide bonds. The van der Waals surface area contributed by atoms with Crippen molar-refractivity contribution in [2.75, 3.05) is 0 Å². The number of ether oxygens (including phenoxy) is 2. The number of nitrogens with zero attached hydrogens (tertiary/aromatic N) is 4. The zero-order valence-electron chi connectivity index (χ0n) is 36.0. The number of alkyl halides is 6. The molecule has 12 heteroatoms. The van der Waals surface area contributed by atoms with Crippen LogP contribution in [0.3, 0.4) is 0 Å². The molecule has 0 aliphatic rings. The van der Waals surface area contributed by atoms with Crippen molar-refractivity contribution < 1.29 is 35.8 Å². The van der Waals surface area contributed by atoms with Gasteiger partial charge >= 0.3 is 12.4 Å². The highest BCUT2D eigenvalue weighted by atomic mass is 19.4. The average molecular weight is 921 g/mol. The molecular weight excluding hydrogens is 887 g/mol. The van der Waals surface area contributed by atoms with Crippen molar-refractivity contribution in [3.63, 3.8) is 0 Å². The number of hydrogen-bond donors (Lipinski definition) is 0. The fourth-order valence-corrected chi connectivity index (χ4v) is 8.59. The van der Waals surface area contributed by atoms with Crippen LogP contribution in [0.1, 0.15) is 22.3 Å². The second-order valence-corrected chi connectivity index (χ2v) is 16.0. The summed E-state index contributed by atoms with van der Waals surface area (Å²) in [4.78, 5) is 9.44. The van der Waals surface area contributed by atoms with Crippen LogP contribution in [0.25, 0.3) is 56.2 Å². The van der Waals surface area contributed by atoms with Gasteiger partial charge in [-0.15, -0.1) is 12.8 Å². The second kappa shape index (κ2) is 17.3. The summed E-state index contributed by atoms with van der Waals surface area (Å²) >= 11 is 0. The van der Waals surface area contributed by atoms with Crippen LogP contribution in [0.5, 0.6) is 23.0 Å². The maximum atomic E-state index is 16.0. The van der Waals surface area contributed by atoms with E-state index in [0.717, 1.165) is 24.3 Å². The van der Waals surface area contributed by atoms with Crippen LogP contribution >= 0.6 is 0 Å². The van der Waals surface area contributed by atoms with E-state index in [2.05, 4.69) is 11.8 Å². The summed E-state index contributed by atoms with van der Waals surface area (Å²) in [6.07, 6.45) is -0.388. The van der Waals surface area contributed by atoms with Crippen LogP contribution < -0.4 is 9.47 Å². The molecule has 0 saturated carbocycles. The van der Waals surface area contributed by atoms with Gasteiger partial charge in [0.15, 0.2) is 0 Å². The molecule has 8 aromatic carbocycles. The topological polar surface area (TPSA) is 54.1 Å². The molecule has 0 unspecified atom stereocenters. The minimum atomic E-state index is -5.92. The molecule has 0 fully saturated rings. The van der Waals surface area contributed by atoms with Gasteiger partial charge in [0.25, 0.3) is 0 Å². The Morgan fingerprint density at radius 3 is 1.14 bits per heavy atom. The number of para-hydroxylation sites is 2. The van der Waals surface area contributed by atoms with Crippen molar-refractivity contribution >= 4 is 22.1 Å². The molecule has 10 aromatic rings. The second-order valence-electron chi connectivity index (χ2n) is 16.0. The van der Waals surface area contributed by atoms with Crippen molar-refractivity contribution in [3.8, 4) is 81.8 Å². The first-order chi connectivity index (χ1) is 33.3. The predicted molar refractivity (Wildman–Crippen MR) is 255 cm³/mol. The van der Waals surface area contributed by atoms with Crippen LogP contribution in [0.4, 0.5) is 26.3 Å². The first-order valence-corrected chi connectivity index (χ1v) is 21.3. The van der Waals surface area contributed by atoms with Gasteiger partial charge in [0.1, 0.15) is 34.6 Å². The molecule has 0 N–H and O–H groups in total. The zero-order chi connectivity index (χ0) is 47.9. The largest absolute Gasteiger partial charge is 0.457 e. The molecule has 0 aliphatic heterocycles. The number of imidazole rings is 2. The lowest BCUT2D eigenvalue weighted by atomic mass is 9.72. The fraction of sp³-hybridized carbons (Fsp3) is 0.0526. The van der Waals surface area contributed by atoms with Crippen molar-refractivity contribution in [1.82, 2.24) is 19.1 Å². The minimum Gasteiger partial charge on any atom is -0.457 e. The quantitative estimate of drug-likeness (QED) is 0.101. The third kappa shape index (κ3) is 7.98. The lowest BCUT2D eigenvalue weighted by Gasteiger charge is -2.38. The molecule has 6 nitrogen and oxygen atoms in total. The Balaban J connectivity index is 1.14. The van der Waals surface area contributed by atoms with E-state index in [4.69, 9.17) is 32.3 Å². The number of hydrogen-bond acceptors (Lipinski definition) is 4.